The van der Waals surface area contributed by atoms with E-state index in [-0.39, 0.29) is 81.6 Å². The van der Waals surface area contributed by atoms with Crippen molar-refractivity contribution in [2.45, 2.75) is 0 Å². The third-order valence-electron chi connectivity index (χ3n) is 0. The molecule has 0 atom stereocenters. The van der Waals surface area contributed by atoms with Crippen molar-refractivity contribution in [1.29, 1.82) is 0 Å². The zero-order valence-electron chi connectivity index (χ0n) is 9.15. The predicted octanol–water partition coefficient (Wildman–Crippen LogP) is -3.55. The van der Waals surface area contributed by atoms with Crippen molar-refractivity contribution >= 4 is 81.6 Å². The summed E-state index contributed by atoms with van der Waals surface area (Å²) in [4.78, 5) is 33.1. The van der Waals surface area contributed by atoms with Crippen molar-refractivity contribution in [2.24, 2.45) is 0 Å². The Labute approximate surface area is 162 Å². The van der Waals surface area contributed by atoms with Crippen molar-refractivity contribution in [2.75, 3.05) is 0 Å². The minimum atomic E-state index is -2.33. The van der Waals surface area contributed by atoms with E-state index in [0.717, 1.165) is 0 Å². The first-order valence-corrected chi connectivity index (χ1v) is 2.26. The van der Waals surface area contributed by atoms with Crippen molar-refractivity contribution in [3.05, 3.63) is 46.0 Å². The SMILES string of the molecule is O=C([O-])[O-].O=[N+]([O-])[O-].O=[N+]([O-])[O-].O=[N+]([O-])[O-].[Ca+2].[Ca+2].[NH4+]. The zero-order valence-corrected chi connectivity index (χ0v) is 13.6. The van der Waals surface area contributed by atoms with Gasteiger partial charge < -0.3 is 67.1 Å². The molecule has 104 valence electrons. The maximum absolute atomic E-state index is 8.33. The van der Waals surface area contributed by atoms with Gasteiger partial charge in [0.15, 0.2) is 0 Å². The summed E-state index contributed by atoms with van der Waals surface area (Å²) in [5, 5.41) is 60.9. The maximum Gasteiger partial charge on any atom is 2.00 e. The van der Waals surface area contributed by atoms with Gasteiger partial charge in [-0.3, -0.25) is 0 Å². The Balaban J connectivity index is -0.0000000192. The van der Waals surface area contributed by atoms with E-state index in [0.29, 0.717) is 0 Å². The number of carbonyl (C=O) groups is 1. The van der Waals surface area contributed by atoms with Crippen LogP contribution in [0.5, 0.6) is 0 Å². The van der Waals surface area contributed by atoms with Gasteiger partial charge in [0.05, 0.1) is 15.3 Å². The fraction of sp³-hybridized carbons (Fsp3) is 0. The topological polar surface area (TPSA) is 298 Å². The average molecular weight is 344 g/mol. The summed E-state index contributed by atoms with van der Waals surface area (Å²) in [6, 6.07) is 0. The molecule has 0 heterocycles. The number of carboxylic acid groups (broad SMARTS) is 2. The molecule has 0 saturated heterocycles. The Kier molecular flexibility index (Phi) is 81.3. The monoisotopic (exact) mass is 344 g/mol. The van der Waals surface area contributed by atoms with E-state index in [1.54, 1.807) is 0 Å². The summed E-state index contributed by atoms with van der Waals surface area (Å²) >= 11 is 0. The second-order valence-electron chi connectivity index (χ2n) is 0.921. The first-order valence-electron chi connectivity index (χ1n) is 2.26. The number of carbonyl (C=O) groups excluding carboxylic acids is 1. The molecule has 19 heavy (non-hydrogen) atoms. The van der Waals surface area contributed by atoms with E-state index >= 15 is 0 Å². The van der Waals surface area contributed by atoms with Crippen LogP contribution in [0.2, 0.25) is 0 Å². The molecule has 0 aromatic carbocycles. The Morgan fingerprint density at radius 2 is 0.632 bits per heavy atom. The Morgan fingerprint density at radius 3 is 0.632 bits per heavy atom. The Hall–Kier alpha value is -0.651. The van der Waals surface area contributed by atoms with Crippen molar-refractivity contribution < 1.29 is 30.3 Å². The summed E-state index contributed by atoms with van der Waals surface area (Å²) in [6.07, 6.45) is -2.33. The van der Waals surface area contributed by atoms with Gasteiger partial charge in [-0.2, -0.15) is 0 Å². The molecule has 16 nitrogen and oxygen atoms in total. The average Bonchev–Trinajstić information content (AvgIpc) is 1.76. The molecule has 0 aliphatic rings. The van der Waals surface area contributed by atoms with Crippen LogP contribution in [0.4, 0.5) is 4.79 Å². The maximum atomic E-state index is 8.33. The molecule has 0 radical (unpaired) electrons. The van der Waals surface area contributed by atoms with Gasteiger partial charge in [0.25, 0.3) is 0 Å². The van der Waals surface area contributed by atoms with Crippen molar-refractivity contribution in [1.82, 2.24) is 6.15 Å². The fourth-order valence-electron chi connectivity index (χ4n) is 0. The fourth-order valence-corrected chi connectivity index (χ4v) is 0. The second-order valence-corrected chi connectivity index (χ2v) is 0.921. The molecule has 4 N–H and O–H groups in total. The standard InChI is InChI=1S/CH2O3.2Ca.3NO3.H3N/c2-1(3)4;;;3*2-1(3)4;/h(H2,2,3,4);;;;;;1H3/q;2*+2;3*-1;/p-1. The molecule has 0 bridgehead atoms. The molecule has 0 aromatic rings. The van der Waals surface area contributed by atoms with Crippen LogP contribution in [0.15, 0.2) is 0 Å². The number of nitrogens with zero attached hydrogens (tertiary/aromatic N) is 3. The largest absolute Gasteiger partial charge is 2.00 e. The zero-order chi connectivity index (χ0) is 14.3. The van der Waals surface area contributed by atoms with Crippen LogP contribution in [0.25, 0.3) is 0 Å². The molecular formula is CH4Ca2N4O12. The van der Waals surface area contributed by atoms with Gasteiger partial charge >= 0.3 is 75.5 Å². The summed E-state index contributed by atoms with van der Waals surface area (Å²) < 4.78 is 0. The van der Waals surface area contributed by atoms with Gasteiger partial charge in [-0.1, -0.05) is 0 Å². The van der Waals surface area contributed by atoms with E-state index in [9.17, 15) is 0 Å². The summed E-state index contributed by atoms with van der Waals surface area (Å²) in [5.41, 5.74) is 0. The summed E-state index contributed by atoms with van der Waals surface area (Å²) in [7, 11) is 0. The molecule has 0 rings (SSSR count). The van der Waals surface area contributed by atoms with E-state index in [2.05, 4.69) is 0 Å². The third-order valence-corrected chi connectivity index (χ3v) is 0. The first-order chi connectivity index (χ1) is 6.93. The molecule has 0 aliphatic carbocycles. The third kappa shape index (κ3) is 9660. The molecule has 0 spiro atoms. The quantitative estimate of drug-likeness (QED) is 0.253. The van der Waals surface area contributed by atoms with Crippen molar-refractivity contribution in [3.63, 3.8) is 0 Å². The molecule has 18 heteroatoms. The smallest absolute Gasteiger partial charge is 0.652 e. The Bertz CT molecular complexity index is 168. The molecule has 0 fully saturated rings. The number of hydrogen-bond acceptors (Lipinski definition) is 12. The van der Waals surface area contributed by atoms with E-state index in [1.165, 1.54) is 0 Å². The number of hydrogen-bond donors (Lipinski definition) is 1. The van der Waals surface area contributed by atoms with Crippen LogP contribution < -0.4 is 16.4 Å². The summed E-state index contributed by atoms with van der Waals surface area (Å²) in [6.45, 7) is 0. The van der Waals surface area contributed by atoms with Crippen LogP contribution >= 0.6 is 0 Å². The normalized spacial score (nSPS) is 5.05. The van der Waals surface area contributed by atoms with Crippen LogP contribution in [0.1, 0.15) is 0 Å². The van der Waals surface area contributed by atoms with Crippen LogP contribution in [0, 0.1) is 46.0 Å². The van der Waals surface area contributed by atoms with Gasteiger partial charge in [0.2, 0.25) is 0 Å². The minimum absolute atomic E-state index is 0. The molecule has 0 unspecified atom stereocenters. The van der Waals surface area contributed by atoms with Gasteiger partial charge in [0.1, 0.15) is 0 Å². The van der Waals surface area contributed by atoms with Crippen molar-refractivity contribution in [3.8, 4) is 0 Å². The minimum Gasteiger partial charge on any atom is -0.652 e. The van der Waals surface area contributed by atoms with Gasteiger partial charge in [-0.25, -0.2) is 0 Å². The first kappa shape index (κ1) is 42.9. The second kappa shape index (κ2) is 36.0. The Morgan fingerprint density at radius 1 is 0.632 bits per heavy atom. The van der Waals surface area contributed by atoms with Gasteiger partial charge in [-0.05, 0) is 6.16 Å². The van der Waals surface area contributed by atoms with Crippen LogP contribution in [-0.2, 0) is 0 Å². The van der Waals surface area contributed by atoms with E-state index in [1.807, 2.05) is 0 Å². The molecular weight excluding hydrogens is 340 g/mol. The molecule has 0 amide bonds. The number of rotatable bonds is 0. The van der Waals surface area contributed by atoms with Crippen LogP contribution in [-0.4, -0.2) is 96.9 Å². The summed E-state index contributed by atoms with van der Waals surface area (Å²) in [5.74, 6) is 0. The number of quaternary nitrogens is 1. The predicted molar refractivity (Wildman–Crippen MR) is 54.0 cm³/mol. The van der Waals surface area contributed by atoms with E-state index in [4.69, 9.17) is 61.0 Å². The molecule has 0 aliphatic heterocycles. The molecule has 0 aromatic heterocycles. The molecule has 0 saturated carbocycles. The van der Waals surface area contributed by atoms with Gasteiger partial charge in [0, 0.05) is 0 Å². The van der Waals surface area contributed by atoms with Gasteiger partial charge in [-0.15, -0.1) is 0 Å². The van der Waals surface area contributed by atoms with Crippen LogP contribution in [0.3, 0.4) is 0 Å². The van der Waals surface area contributed by atoms with E-state index < -0.39 is 21.4 Å².